The Morgan fingerprint density at radius 2 is 2.32 bits per heavy atom. The van der Waals surface area contributed by atoms with Crippen LogP contribution >= 0.6 is 0 Å². The minimum atomic E-state index is -0.840. The maximum Gasteiger partial charge on any atom is 0.305 e. The molecule has 1 aliphatic heterocycles. The third-order valence-electron chi connectivity index (χ3n) is 3.37. The first-order chi connectivity index (χ1) is 8.87. The zero-order valence-electron chi connectivity index (χ0n) is 11.2. The number of benzene rings is 1. The van der Waals surface area contributed by atoms with E-state index in [0.29, 0.717) is 13.1 Å². The highest BCUT2D eigenvalue weighted by Crippen LogP contribution is 2.25. The lowest BCUT2D eigenvalue weighted by atomic mass is 9.96. The van der Waals surface area contributed by atoms with Gasteiger partial charge in [-0.3, -0.25) is 4.79 Å². The Bertz CT molecular complexity index is 476. The Kier molecular flexibility index (Phi) is 3.75. The van der Waals surface area contributed by atoms with E-state index in [1.165, 1.54) is 12.1 Å². The topological polar surface area (TPSA) is 52.6 Å². The van der Waals surface area contributed by atoms with Crippen molar-refractivity contribution in [3.05, 3.63) is 30.1 Å². The quantitative estimate of drug-likeness (QED) is 0.876. The molecule has 0 aliphatic carbocycles. The van der Waals surface area contributed by atoms with Gasteiger partial charge in [-0.1, -0.05) is 6.07 Å². The SMILES string of the molecule is CC1(C)CN(c2cccc(F)c2)C(CC(=O)O)CN1. The number of carboxylic acids is 1. The number of anilines is 1. The average Bonchev–Trinajstić information content (AvgIpc) is 2.31. The average molecular weight is 266 g/mol. The molecule has 19 heavy (non-hydrogen) atoms. The van der Waals surface area contributed by atoms with Crippen LogP contribution in [0.1, 0.15) is 20.3 Å². The Hall–Kier alpha value is -1.62. The van der Waals surface area contributed by atoms with Crippen molar-refractivity contribution in [3.8, 4) is 0 Å². The Morgan fingerprint density at radius 1 is 1.58 bits per heavy atom. The largest absolute Gasteiger partial charge is 0.481 e. The molecule has 2 rings (SSSR count). The number of halogens is 1. The molecule has 1 atom stereocenters. The Balaban J connectivity index is 2.27. The molecule has 0 radical (unpaired) electrons. The molecule has 104 valence electrons. The number of aliphatic carboxylic acids is 1. The molecule has 0 amide bonds. The molecule has 1 aromatic carbocycles. The third-order valence-corrected chi connectivity index (χ3v) is 3.37. The maximum atomic E-state index is 13.3. The van der Waals surface area contributed by atoms with E-state index in [0.717, 1.165) is 5.69 Å². The molecular formula is C14H19FN2O2. The summed E-state index contributed by atoms with van der Waals surface area (Å²) in [6.45, 7) is 5.33. The molecule has 0 spiro atoms. The molecule has 1 heterocycles. The number of piperazine rings is 1. The van der Waals surface area contributed by atoms with E-state index in [9.17, 15) is 9.18 Å². The van der Waals surface area contributed by atoms with Gasteiger partial charge in [-0.05, 0) is 32.0 Å². The maximum absolute atomic E-state index is 13.3. The second-order valence-corrected chi connectivity index (χ2v) is 5.62. The van der Waals surface area contributed by atoms with Gasteiger partial charge in [0, 0.05) is 24.3 Å². The van der Waals surface area contributed by atoms with Crippen molar-refractivity contribution in [2.45, 2.75) is 31.8 Å². The molecule has 1 unspecified atom stereocenters. The summed E-state index contributed by atoms with van der Waals surface area (Å²) in [5.74, 6) is -1.14. The van der Waals surface area contributed by atoms with E-state index in [-0.39, 0.29) is 23.8 Å². The van der Waals surface area contributed by atoms with Crippen molar-refractivity contribution in [1.29, 1.82) is 0 Å². The van der Waals surface area contributed by atoms with Crippen LogP contribution in [0.2, 0.25) is 0 Å². The summed E-state index contributed by atoms with van der Waals surface area (Å²) in [7, 11) is 0. The van der Waals surface area contributed by atoms with Crippen LogP contribution in [-0.4, -0.2) is 35.7 Å². The first kappa shape index (κ1) is 13.8. The van der Waals surface area contributed by atoms with Gasteiger partial charge in [0.15, 0.2) is 0 Å². The van der Waals surface area contributed by atoms with Crippen LogP contribution in [0.3, 0.4) is 0 Å². The summed E-state index contributed by atoms with van der Waals surface area (Å²) >= 11 is 0. The summed E-state index contributed by atoms with van der Waals surface area (Å²) in [6, 6.07) is 6.16. The second-order valence-electron chi connectivity index (χ2n) is 5.62. The van der Waals surface area contributed by atoms with Gasteiger partial charge in [0.2, 0.25) is 0 Å². The van der Waals surface area contributed by atoms with Crippen molar-refractivity contribution in [2.24, 2.45) is 0 Å². The number of carboxylic acid groups (broad SMARTS) is 1. The molecule has 1 saturated heterocycles. The van der Waals surface area contributed by atoms with E-state index in [2.05, 4.69) is 19.2 Å². The lowest BCUT2D eigenvalue weighted by molar-refractivity contribution is -0.137. The molecule has 2 N–H and O–H groups in total. The predicted molar refractivity (Wildman–Crippen MR) is 71.9 cm³/mol. The molecular weight excluding hydrogens is 247 g/mol. The number of hydrogen-bond acceptors (Lipinski definition) is 3. The fraction of sp³-hybridized carbons (Fsp3) is 0.500. The zero-order valence-corrected chi connectivity index (χ0v) is 11.2. The third kappa shape index (κ3) is 3.44. The minimum Gasteiger partial charge on any atom is -0.481 e. The highest BCUT2D eigenvalue weighted by Gasteiger charge is 2.33. The number of nitrogens with one attached hydrogen (secondary N) is 1. The van der Waals surface area contributed by atoms with Crippen LogP contribution in [0.25, 0.3) is 0 Å². The highest BCUT2D eigenvalue weighted by atomic mass is 19.1. The van der Waals surface area contributed by atoms with Crippen LogP contribution in [-0.2, 0) is 4.79 Å². The van der Waals surface area contributed by atoms with Crippen molar-refractivity contribution in [3.63, 3.8) is 0 Å². The van der Waals surface area contributed by atoms with Crippen LogP contribution in [0.4, 0.5) is 10.1 Å². The van der Waals surface area contributed by atoms with E-state index in [4.69, 9.17) is 5.11 Å². The van der Waals surface area contributed by atoms with Gasteiger partial charge in [0.25, 0.3) is 0 Å². The van der Waals surface area contributed by atoms with E-state index in [1.807, 2.05) is 11.0 Å². The second kappa shape index (κ2) is 5.17. The number of rotatable bonds is 3. The van der Waals surface area contributed by atoms with Gasteiger partial charge < -0.3 is 15.3 Å². The molecule has 4 nitrogen and oxygen atoms in total. The van der Waals surface area contributed by atoms with E-state index >= 15 is 0 Å². The van der Waals surface area contributed by atoms with E-state index < -0.39 is 5.97 Å². The molecule has 0 aromatic heterocycles. The first-order valence-corrected chi connectivity index (χ1v) is 6.36. The normalized spacial score (nSPS) is 22.3. The van der Waals surface area contributed by atoms with Crippen LogP contribution < -0.4 is 10.2 Å². The van der Waals surface area contributed by atoms with Crippen molar-refractivity contribution in [2.75, 3.05) is 18.0 Å². The van der Waals surface area contributed by atoms with Crippen LogP contribution in [0.5, 0.6) is 0 Å². The Labute approximate surface area is 112 Å². The minimum absolute atomic E-state index is 0.0413. The summed E-state index contributed by atoms with van der Waals surface area (Å²) in [6.07, 6.45) is 0.0413. The molecule has 0 bridgehead atoms. The molecule has 1 aromatic rings. The molecule has 1 fully saturated rings. The standard InChI is InChI=1S/C14H19FN2O2/c1-14(2)9-17(11-5-3-4-10(15)6-11)12(8-16-14)7-13(18)19/h3-6,12,16H,7-9H2,1-2H3,(H,18,19). The lowest BCUT2D eigenvalue weighted by Gasteiger charge is -2.45. The highest BCUT2D eigenvalue weighted by molar-refractivity contribution is 5.69. The van der Waals surface area contributed by atoms with Gasteiger partial charge in [0.05, 0.1) is 12.5 Å². The van der Waals surface area contributed by atoms with Crippen molar-refractivity contribution < 1.29 is 14.3 Å². The van der Waals surface area contributed by atoms with Crippen LogP contribution in [0, 0.1) is 5.82 Å². The van der Waals surface area contributed by atoms with Crippen molar-refractivity contribution >= 4 is 11.7 Å². The van der Waals surface area contributed by atoms with Gasteiger partial charge in [-0.25, -0.2) is 4.39 Å². The summed E-state index contributed by atoms with van der Waals surface area (Å²) < 4.78 is 13.3. The fourth-order valence-corrected chi connectivity index (χ4v) is 2.46. The van der Waals surface area contributed by atoms with Gasteiger partial charge in [-0.2, -0.15) is 0 Å². The zero-order chi connectivity index (χ0) is 14.0. The monoisotopic (exact) mass is 266 g/mol. The molecule has 0 saturated carbocycles. The fourth-order valence-electron chi connectivity index (χ4n) is 2.46. The van der Waals surface area contributed by atoms with E-state index in [1.54, 1.807) is 6.07 Å². The summed E-state index contributed by atoms with van der Waals surface area (Å²) in [5, 5.41) is 12.3. The van der Waals surface area contributed by atoms with Crippen molar-refractivity contribution in [1.82, 2.24) is 5.32 Å². The predicted octanol–water partition coefficient (Wildman–Crippen LogP) is 1.86. The van der Waals surface area contributed by atoms with Crippen LogP contribution in [0.15, 0.2) is 24.3 Å². The Morgan fingerprint density at radius 3 is 2.95 bits per heavy atom. The molecule has 5 heteroatoms. The van der Waals surface area contributed by atoms with Gasteiger partial charge >= 0.3 is 5.97 Å². The summed E-state index contributed by atoms with van der Waals surface area (Å²) in [4.78, 5) is 12.9. The smallest absolute Gasteiger partial charge is 0.305 e. The number of hydrogen-bond donors (Lipinski definition) is 2. The first-order valence-electron chi connectivity index (χ1n) is 6.36. The lowest BCUT2D eigenvalue weighted by Crippen LogP contribution is -2.62. The molecule has 1 aliphatic rings. The number of carbonyl (C=O) groups is 1. The summed E-state index contributed by atoms with van der Waals surface area (Å²) in [5.41, 5.74) is 0.613. The number of nitrogens with zero attached hydrogens (tertiary/aromatic N) is 1. The van der Waals surface area contributed by atoms with Gasteiger partial charge in [0.1, 0.15) is 5.82 Å². The van der Waals surface area contributed by atoms with Gasteiger partial charge in [-0.15, -0.1) is 0 Å².